The quantitative estimate of drug-likeness (QED) is 0.804. The van der Waals surface area contributed by atoms with E-state index in [-0.39, 0.29) is 11.9 Å². The van der Waals surface area contributed by atoms with Crippen molar-refractivity contribution in [3.8, 4) is 5.75 Å². The van der Waals surface area contributed by atoms with E-state index >= 15 is 0 Å². The summed E-state index contributed by atoms with van der Waals surface area (Å²) in [6.45, 7) is 7.68. The lowest BCUT2D eigenvalue weighted by Gasteiger charge is -2.24. The smallest absolute Gasteiger partial charge is 0.255 e. The topological polar surface area (TPSA) is 70.8 Å². The van der Waals surface area contributed by atoms with Gasteiger partial charge in [-0.2, -0.15) is 0 Å². The van der Waals surface area contributed by atoms with E-state index in [1.54, 1.807) is 12.1 Å². The molecule has 0 saturated carbocycles. The number of amides is 1. The molecular weight excluding hydrogens is 304 g/mol. The fraction of sp³-hybridized carbons (Fsp3) is 0.533. The number of hydrogen-bond acceptors (Lipinski definition) is 5. The van der Waals surface area contributed by atoms with Gasteiger partial charge in [-0.3, -0.25) is 4.79 Å². The highest BCUT2D eigenvalue weighted by Crippen LogP contribution is 2.29. The van der Waals surface area contributed by atoms with E-state index in [1.807, 2.05) is 0 Å². The number of ether oxygens (including phenoxy) is 1. The second-order valence-electron chi connectivity index (χ2n) is 5.25. The first-order chi connectivity index (χ1) is 10.5. The molecule has 1 heterocycles. The minimum Gasteiger partial charge on any atom is -0.496 e. The standard InChI is InChI=1S/C15H23ClN4O2/c1-4-19-8-10(9-20(19)5-2)18-15(21)11-6-12(16)13(17)7-14(11)22-3/h6-7,10H,4-5,8-9,17H2,1-3H3,(H,18,21). The number of carbonyl (C=O) groups excluding carboxylic acids is 1. The van der Waals surface area contributed by atoms with E-state index in [1.165, 1.54) is 7.11 Å². The summed E-state index contributed by atoms with van der Waals surface area (Å²) in [5.74, 6) is 0.231. The van der Waals surface area contributed by atoms with Gasteiger partial charge in [0.15, 0.2) is 0 Å². The third-order valence-electron chi connectivity index (χ3n) is 3.89. The Hall–Kier alpha value is -1.50. The van der Waals surface area contributed by atoms with Crippen molar-refractivity contribution in [2.24, 2.45) is 0 Å². The molecule has 7 heteroatoms. The van der Waals surface area contributed by atoms with Gasteiger partial charge >= 0.3 is 0 Å². The summed E-state index contributed by atoms with van der Waals surface area (Å²) in [6, 6.07) is 3.20. The average Bonchev–Trinajstić information content (AvgIpc) is 2.91. The summed E-state index contributed by atoms with van der Waals surface area (Å²) in [4.78, 5) is 12.5. The predicted octanol–water partition coefficient (Wildman–Crippen LogP) is 1.60. The van der Waals surface area contributed by atoms with Gasteiger partial charge in [-0.15, -0.1) is 0 Å². The number of nitrogens with one attached hydrogen (secondary N) is 1. The summed E-state index contributed by atoms with van der Waals surface area (Å²) in [6.07, 6.45) is 0. The van der Waals surface area contributed by atoms with Crippen LogP contribution in [0.1, 0.15) is 24.2 Å². The van der Waals surface area contributed by atoms with E-state index in [0.717, 1.165) is 26.2 Å². The number of anilines is 1. The molecule has 1 saturated heterocycles. The van der Waals surface area contributed by atoms with Crippen molar-refractivity contribution < 1.29 is 9.53 Å². The van der Waals surface area contributed by atoms with Crippen LogP contribution in [0.2, 0.25) is 5.02 Å². The molecule has 0 unspecified atom stereocenters. The molecule has 0 radical (unpaired) electrons. The lowest BCUT2D eigenvalue weighted by atomic mass is 10.1. The molecular formula is C15H23ClN4O2. The van der Waals surface area contributed by atoms with Crippen LogP contribution in [0.5, 0.6) is 5.75 Å². The van der Waals surface area contributed by atoms with Crippen LogP contribution in [0.3, 0.4) is 0 Å². The maximum absolute atomic E-state index is 12.5. The highest BCUT2D eigenvalue weighted by molar-refractivity contribution is 6.33. The minimum absolute atomic E-state index is 0.0773. The maximum Gasteiger partial charge on any atom is 0.255 e. The van der Waals surface area contributed by atoms with Gasteiger partial charge in [-0.25, -0.2) is 10.0 Å². The van der Waals surface area contributed by atoms with Gasteiger partial charge in [0.2, 0.25) is 0 Å². The molecule has 0 atom stereocenters. The number of rotatable bonds is 5. The number of halogens is 1. The summed E-state index contributed by atoms with van der Waals surface area (Å²) in [7, 11) is 1.51. The molecule has 1 aliphatic heterocycles. The summed E-state index contributed by atoms with van der Waals surface area (Å²) in [5.41, 5.74) is 6.54. The van der Waals surface area contributed by atoms with Crippen LogP contribution in [-0.4, -0.2) is 55.3 Å². The molecule has 1 aliphatic rings. The molecule has 1 amide bonds. The largest absolute Gasteiger partial charge is 0.496 e. The Morgan fingerprint density at radius 1 is 1.36 bits per heavy atom. The second kappa shape index (κ2) is 7.17. The molecule has 1 fully saturated rings. The highest BCUT2D eigenvalue weighted by atomic mass is 35.5. The molecule has 1 aromatic rings. The molecule has 122 valence electrons. The second-order valence-corrected chi connectivity index (χ2v) is 5.66. The molecule has 22 heavy (non-hydrogen) atoms. The first kappa shape index (κ1) is 16.9. The molecule has 6 nitrogen and oxygen atoms in total. The number of benzene rings is 1. The van der Waals surface area contributed by atoms with Crippen molar-refractivity contribution in [2.75, 3.05) is 39.0 Å². The molecule has 0 bridgehead atoms. The lowest BCUT2D eigenvalue weighted by molar-refractivity contribution is 0.0388. The molecule has 0 spiro atoms. The number of methoxy groups -OCH3 is 1. The molecule has 2 rings (SSSR count). The normalized spacial score (nSPS) is 16.9. The van der Waals surface area contributed by atoms with Crippen LogP contribution in [-0.2, 0) is 0 Å². The maximum atomic E-state index is 12.5. The van der Waals surface area contributed by atoms with Crippen LogP contribution < -0.4 is 15.8 Å². The fourth-order valence-electron chi connectivity index (χ4n) is 2.73. The highest BCUT2D eigenvalue weighted by Gasteiger charge is 2.29. The van der Waals surface area contributed by atoms with Gasteiger partial charge in [-0.05, 0) is 6.07 Å². The SMILES string of the molecule is CCN1CC(NC(=O)c2cc(Cl)c(N)cc2OC)CN1CC. The zero-order valence-electron chi connectivity index (χ0n) is 13.2. The van der Waals surface area contributed by atoms with Crippen LogP contribution >= 0.6 is 11.6 Å². The number of hydrogen-bond donors (Lipinski definition) is 2. The van der Waals surface area contributed by atoms with Crippen molar-refractivity contribution in [3.05, 3.63) is 22.7 Å². The van der Waals surface area contributed by atoms with E-state index in [4.69, 9.17) is 22.1 Å². The van der Waals surface area contributed by atoms with E-state index in [9.17, 15) is 4.79 Å². The number of nitrogen functional groups attached to an aromatic ring is 1. The number of hydrazine groups is 1. The van der Waals surface area contributed by atoms with E-state index in [2.05, 4.69) is 29.2 Å². The minimum atomic E-state index is -0.197. The summed E-state index contributed by atoms with van der Waals surface area (Å²) in [5, 5.41) is 7.86. The Morgan fingerprint density at radius 3 is 2.45 bits per heavy atom. The molecule has 3 N–H and O–H groups in total. The Labute approximate surface area is 136 Å². The van der Waals surface area contributed by atoms with Gasteiger partial charge in [0.1, 0.15) is 5.75 Å². The Balaban J connectivity index is 2.12. The Morgan fingerprint density at radius 2 is 1.95 bits per heavy atom. The predicted molar refractivity (Wildman–Crippen MR) is 88.2 cm³/mol. The van der Waals surface area contributed by atoms with Gasteiger partial charge in [-0.1, -0.05) is 25.4 Å². The van der Waals surface area contributed by atoms with Crippen LogP contribution in [0.25, 0.3) is 0 Å². The zero-order chi connectivity index (χ0) is 16.3. The average molecular weight is 327 g/mol. The van der Waals surface area contributed by atoms with E-state index < -0.39 is 0 Å². The number of likely N-dealkylation sites (N-methyl/N-ethyl adjacent to an activating group) is 2. The first-order valence-corrected chi connectivity index (χ1v) is 7.81. The van der Waals surface area contributed by atoms with Crippen molar-refractivity contribution in [1.82, 2.24) is 15.3 Å². The first-order valence-electron chi connectivity index (χ1n) is 7.43. The third kappa shape index (κ3) is 3.45. The number of nitrogens with two attached hydrogens (primary N) is 1. The third-order valence-corrected chi connectivity index (χ3v) is 4.22. The lowest BCUT2D eigenvalue weighted by Crippen LogP contribution is -2.38. The molecule has 1 aromatic carbocycles. The zero-order valence-corrected chi connectivity index (χ0v) is 14.0. The summed E-state index contributed by atoms with van der Waals surface area (Å²) < 4.78 is 5.23. The van der Waals surface area contributed by atoms with Crippen molar-refractivity contribution >= 4 is 23.2 Å². The Kier molecular flexibility index (Phi) is 5.50. The number of carbonyl (C=O) groups is 1. The molecule has 0 aromatic heterocycles. The van der Waals surface area contributed by atoms with Gasteiger partial charge in [0, 0.05) is 32.2 Å². The van der Waals surface area contributed by atoms with Crippen LogP contribution in [0.4, 0.5) is 5.69 Å². The monoisotopic (exact) mass is 326 g/mol. The number of nitrogens with zero attached hydrogens (tertiary/aromatic N) is 2. The summed E-state index contributed by atoms with van der Waals surface area (Å²) >= 11 is 6.02. The van der Waals surface area contributed by atoms with Crippen molar-refractivity contribution in [1.29, 1.82) is 0 Å². The van der Waals surface area contributed by atoms with Gasteiger partial charge < -0.3 is 15.8 Å². The van der Waals surface area contributed by atoms with Crippen molar-refractivity contribution in [2.45, 2.75) is 19.9 Å². The van der Waals surface area contributed by atoms with Gasteiger partial charge in [0.25, 0.3) is 5.91 Å². The molecule has 0 aliphatic carbocycles. The van der Waals surface area contributed by atoms with Crippen LogP contribution in [0.15, 0.2) is 12.1 Å². The van der Waals surface area contributed by atoms with E-state index in [0.29, 0.717) is 22.0 Å². The fourth-order valence-corrected chi connectivity index (χ4v) is 2.89. The van der Waals surface area contributed by atoms with Crippen LogP contribution in [0, 0.1) is 0 Å². The van der Waals surface area contributed by atoms with Crippen molar-refractivity contribution in [3.63, 3.8) is 0 Å². The Bertz CT molecular complexity index is 541. The van der Waals surface area contributed by atoms with Gasteiger partial charge in [0.05, 0.1) is 29.4 Å².